The van der Waals surface area contributed by atoms with Gasteiger partial charge in [0.1, 0.15) is 0 Å². The van der Waals surface area contributed by atoms with Crippen molar-refractivity contribution in [2.75, 3.05) is 39.5 Å². The molecule has 32 heavy (non-hydrogen) atoms. The van der Waals surface area contributed by atoms with Gasteiger partial charge >= 0.3 is 0 Å². The second kappa shape index (κ2) is 9.11. The van der Waals surface area contributed by atoms with Crippen LogP contribution in [0.4, 0.5) is 0 Å². The Morgan fingerprint density at radius 1 is 0.844 bits per heavy atom. The van der Waals surface area contributed by atoms with Gasteiger partial charge in [-0.2, -0.15) is 0 Å². The lowest BCUT2D eigenvalue weighted by Gasteiger charge is -2.62. The number of aliphatic hydroxyl groups excluding tert-OH is 1. The highest BCUT2D eigenvalue weighted by Gasteiger charge is 2.66. The molecule has 5 fully saturated rings. The molecular formula is C27H47NO4. The van der Waals surface area contributed by atoms with Crippen molar-refractivity contribution in [1.29, 1.82) is 0 Å². The third-order valence-electron chi connectivity index (χ3n) is 11.0. The summed E-state index contributed by atoms with van der Waals surface area (Å²) in [5, 5.41) is 22.8. The first-order valence-corrected chi connectivity index (χ1v) is 13.7. The fraction of sp³-hybridized carbons (Fsp3) is 1.00. The third-order valence-corrected chi connectivity index (χ3v) is 11.0. The number of fused-ring (bicyclic) bond motifs is 5. The predicted octanol–water partition coefficient (Wildman–Crippen LogP) is 4.21. The van der Waals surface area contributed by atoms with Gasteiger partial charge in [0, 0.05) is 18.4 Å². The van der Waals surface area contributed by atoms with Gasteiger partial charge in [-0.3, -0.25) is 0 Å². The molecule has 5 heteroatoms. The number of hydrogen-bond donors (Lipinski definition) is 2. The molecule has 0 radical (unpaired) electrons. The summed E-state index contributed by atoms with van der Waals surface area (Å²) in [5.41, 5.74) is 0.0773. The summed E-state index contributed by atoms with van der Waals surface area (Å²) in [6, 6.07) is 0. The van der Waals surface area contributed by atoms with Gasteiger partial charge in [-0.05, 0) is 93.5 Å². The van der Waals surface area contributed by atoms with Gasteiger partial charge in [-0.25, -0.2) is 0 Å². The number of ether oxygens (including phenoxy) is 2. The van der Waals surface area contributed by atoms with Crippen LogP contribution in [0.1, 0.15) is 84.5 Å². The smallest absolute Gasteiger partial charge is 0.171 e. The zero-order valence-corrected chi connectivity index (χ0v) is 20.6. The average Bonchev–Trinajstić information content (AvgIpc) is 3.37. The molecule has 4 saturated carbocycles. The minimum Gasteiger partial charge on any atom is -0.393 e. The van der Waals surface area contributed by atoms with Crippen molar-refractivity contribution in [3.05, 3.63) is 0 Å². The first kappa shape index (κ1) is 23.5. The first-order chi connectivity index (χ1) is 15.4. The molecule has 8 atom stereocenters. The van der Waals surface area contributed by atoms with Gasteiger partial charge in [0.2, 0.25) is 0 Å². The molecule has 5 nitrogen and oxygen atoms in total. The molecule has 2 N–H and O–H groups in total. The Morgan fingerprint density at radius 3 is 2.44 bits per heavy atom. The SMILES string of the molecule is C[C@]12CCCCC1C(O)C[C@@H]1[C@H]2CC[C@@]2(C)[C@H]1CCC2(O)OCCOCCN1CCCC1. The lowest BCUT2D eigenvalue weighted by molar-refractivity contribution is -0.284. The van der Waals surface area contributed by atoms with Crippen LogP contribution in [0.25, 0.3) is 0 Å². The molecule has 5 rings (SSSR count). The van der Waals surface area contributed by atoms with Crippen LogP contribution >= 0.6 is 0 Å². The van der Waals surface area contributed by atoms with Crippen molar-refractivity contribution >= 4 is 0 Å². The standard InChI is InChI=1S/C27H47NO4/c1-25-10-4-3-7-23(25)24(29)19-20-21(25)8-11-26(2)22(20)9-12-27(26,30)32-18-17-31-16-15-28-13-5-6-14-28/h20-24,29-30H,3-19H2,1-2H3/t20-,21-,22+,23?,24?,25-,26+,27?/m1/s1. The van der Waals surface area contributed by atoms with Crippen molar-refractivity contribution in [2.45, 2.75) is 96.4 Å². The molecule has 1 heterocycles. The molecule has 184 valence electrons. The largest absolute Gasteiger partial charge is 0.393 e. The molecule has 5 aliphatic rings. The fourth-order valence-corrected chi connectivity index (χ4v) is 9.14. The van der Waals surface area contributed by atoms with E-state index >= 15 is 0 Å². The van der Waals surface area contributed by atoms with E-state index in [1.54, 1.807) is 0 Å². The van der Waals surface area contributed by atoms with Gasteiger partial charge in [0.15, 0.2) is 5.79 Å². The van der Waals surface area contributed by atoms with E-state index in [4.69, 9.17) is 9.47 Å². The Labute approximate surface area is 195 Å². The van der Waals surface area contributed by atoms with Crippen LogP contribution in [0.5, 0.6) is 0 Å². The Balaban J connectivity index is 1.18. The topological polar surface area (TPSA) is 62.2 Å². The normalized spacial score (nSPS) is 48.9. The molecule has 0 aromatic heterocycles. The van der Waals surface area contributed by atoms with Gasteiger partial charge in [0.25, 0.3) is 0 Å². The monoisotopic (exact) mass is 449 g/mol. The van der Waals surface area contributed by atoms with Crippen LogP contribution in [0.3, 0.4) is 0 Å². The van der Waals surface area contributed by atoms with Gasteiger partial charge < -0.3 is 24.6 Å². The maximum absolute atomic E-state index is 11.7. The lowest BCUT2D eigenvalue weighted by atomic mass is 9.44. The third kappa shape index (κ3) is 3.88. The minimum atomic E-state index is -1.05. The number of aliphatic hydroxyl groups is 2. The zero-order valence-electron chi connectivity index (χ0n) is 20.6. The Hall–Kier alpha value is -0.200. The predicted molar refractivity (Wildman–Crippen MR) is 125 cm³/mol. The highest BCUT2D eigenvalue weighted by Crippen LogP contribution is 2.68. The van der Waals surface area contributed by atoms with Crippen LogP contribution in [-0.2, 0) is 9.47 Å². The average molecular weight is 450 g/mol. The van der Waals surface area contributed by atoms with Gasteiger partial charge in [0.05, 0.1) is 25.9 Å². The highest BCUT2D eigenvalue weighted by molar-refractivity contribution is 5.12. The van der Waals surface area contributed by atoms with E-state index in [2.05, 4.69) is 18.7 Å². The molecule has 0 aromatic rings. The highest BCUT2D eigenvalue weighted by atomic mass is 16.6. The molecular weight excluding hydrogens is 402 g/mol. The van der Waals surface area contributed by atoms with Crippen LogP contribution in [0, 0.1) is 34.5 Å². The van der Waals surface area contributed by atoms with Gasteiger partial charge in [-0.15, -0.1) is 0 Å². The molecule has 3 unspecified atom stereocenters. The van der Waals surface area contributed by atoms with Crippen molar-refractivity contribution in [1.82, 2.24) is 4.90 Å². The number of rotatable bonds is 7. The van der Waals surface area contributed by atoms with Crippen molar-refractivity contribution in [3.8, 4) is 0 Å². The van der Waals surface area contributed by atoms with Crippen LogP contribution in [0.2, 0.25) is 0 Å². The molecule has 0 spiro atoms. The number of likely N-dealkylation sites (tertiary alicyclic amines) is 1. The Kier molecular flexibility index (Phi) is 6.70. The molecule has 0 amide bonds. The summed E-state index contributed by atoms with van der Waals surface area (Å²) in [7, 11) is 0. The molecule has 1 saturated heterocycles. The summed E-state index contributed by atoms with van der Waals surface area (Å²) in [5.74, 6) is 1.12. The number of nitrogens with zero attached hydrogens (tertiary/aromatic N) is 1. The minimum absolute atomic E-state index is 0.164. The quantitative estimate of drug-likeness (QED) is 0.450. The molecule has 0 aromatic carbocycles. The maximum atomic E-state index is 11.7. The number of hydrogen-bond acceptors (Lipinski definition) is 5. The Morgan fingerprint density at radius 2 is 1.62 bits per heavy atom. The van der Waals surface area contributed by atoms with E-state index in [1.807, 2.05) is 0 Å². The van der Waals surface area contributed by atoms with E-state index in [0.29, 0.717) is 36.9 Å². The van der Waals surface area contributed by atoms with E-state index in [0.717, 1.165) is 38.8 Å². The first-order valence-electron chi connectivity index (χ1n) is 13.7. The van der Waals surface area contributed by atoms with E-state index in [-0.39, 0.29) is 16.9 Å². The summed E-state index contributed by atoms with van der Waals surface area (Å²) < 4.78 is 12.1. The molecule has 0 bridgehead atoms. The van der Waals surface area contributed by atoms with E-state index in [1.165, 1.54) is 58.0 Å². The van der Waals surface area contributed by atoms with Crippen molar-refractivity contribution in [2.24, 2.45) is 34.5 Å². The summed E-state index contributed by atoms with van der Waals surface area (Å²) in [4.78, 5) is 2.46. The zero-order chi connectivity index (χ0) is 22.4. The van der Waals surface area contributed by atoms with E-state index in [9.17, 15) is 10.2 Å². The summed E-state index contributed by atoms with van der Waals surface area (Å²) in [6.45, 7) is 9.95. The van der Waals surface area contributed by atoms with Crippen molar-refractivity contribution < 1.29 is 19.7 Å². The second-order valence-corrected chi connectivity index (χ2v) is 12.3. The van der Waals surface area contributed by atoms with E-state index < -0.39 is 5.79 Å². The van der Waals surface area contributed by atoms with Crippen molar-refractivity contribution in [3.63, 3.8) is 0 Å². The summed E-state index contributed by atoms with van der Waals surface area (Å²) in [6.07, 6.45) is 12.4. The fourth-order valence-electron chi connectivity index (χ4n) is 9.14. The van der Waals surface area contributed by atoms with Crippen LogP contribution < -0.4 is 0 Å². The summed E-state index contributed by atoms with van der Waals surface area (Å²) >= 11 is 0. The molecule has 4 aliphatic carbocycles. The maximum Gasteiger partial charge on any atom is 0.171 e. The van der Waals surface area contributed by atoms with Gasteiger partial charge in [-0.1, -0.05) is 26.7 Å². The molecule has 1 aliphatic heterocycles. The second-order valence-electron chi connectivity index (χ2n) is 12.3. The van der Waals surface area contributed by atoms with Crippen LogP contribution in [0.15, 0.2) is 0 Å². The Bertz CT molecular complexity index is 654. The lowest BCUT2D eigenvalue weighted by Crippen LogP contribution is -2.59. The van der Waals surface area contributed by atoms with Crippen LogP contribution in [-0.4, -0.2) is 66.5 Å².